The van der Waals surface area contributed by atoms with Crippen molar-refractivity contribution in [1.29, 1.82) is 0 Å². The van der Waals surface area contributed by atoms with E-state index in [4.69, 9.17) is 4.74 Å². The molecule has 4 rings (SSSR count). The summed E-state index contributed by atoms with van der Waals surface area (Å²) in [6.45, 7) is 8.61. The zero-order chi connectivity index (χ0) is 20.3. The van der Waals surface area contributed by atoms with Crippen molar-refractivity contribution in [3.8, 4) is 5.75 Å². The van der Waals surface area contributed by atoms with Crippen LogP contribution in [0.15, 0.2) is 78.9 Å². The first-order chi connectivity index (χ1) is 14.0. The highest BCUT2D eigenvalue weighted by Gasteiger charge is 2.35. The number of nitrogens with zero attached hydrogens (tertiary/aromatic N) is 1. The summed E-state index contributed by atoms with van der Waals surface area (Å²) in [6, 6.07) is 27.8. The van der Waals surface area contributed by atoms with Crippen molar-refractivity contribution in [2.75, 3.05) is 18.1 Å². The predicted molar refractivity (Wildman–Crippen MR) is 122 cm³/mol. The quantitative estimate of drug-likeness (QED) is 0.483. The molecule has 0 aliphatic carbocycles. The van der Waals surface area contributed by atoms with Gasteiger partial charge in [0.05, 0.1) is 6.54 Å². The van der Waals surface area contributed by atoms with Crippen molar-refractivity contribution in [1.82, 2.24) is 0 Å². The minimum Gasteiger partial charge on any atom is -0.491 e. The van der Waals surface area contributed by atoms with Crippen LogP contribution in [0.25, 0.3) is 0 Å². The smallest absolute Gasteiger partial charge is 0.122 e. The molecule has 0 N–H and O–H groups in total. The van der Waals surface area contributed by atoms with E-state index in [1.165, 1.54) is 22.4 Å². The summed E-state index contributed by atoms with van der Waals surface area (Å²) in [5.74, 6) is 1.58. The largest absolute Gasteiger partial charge is 0.491 e. The maximum atomic E-state index is 6.31. The molecule has 0 fully saturated rings. The molecule has 1 aliphatic rings. The van der Waals surface area contributed by atoms with Gasteiger partial charge < -0.3 is 9.64 Å². The molecule has 1 heterocycles. The molecule has 3 aromatic rings. The third-order valence-corrected chi connectivity index (χ3v) is 6.08. The first-order valence-corrected chi connectivity index (χ1v) is 10.7. The molecule has 29 heavy (non-hydrogen) atoms. The lowest BCUT2D eigenvalue weighted by molar-refractivity contribution is 0.292. The number of ether oxygens (including phenoxy) is 1. The maximum absolute atomic E-state index is 6.31. The van der Waals surface area contributed by atoms with Gasteiger partial charge >= 0.3 is 0 Å². The van der Waals surface area contributed by atoms with Crippen LogP contribution in [0, 0.1) is 0 Å². The Morgan fingerprint density at radius 1 is 0.897 bits per heavy atom. The molecule has 0 radical (unpaired) electrons. The second-order valence-corrected chi connectivity index (χ2v) is 8.75. The highest BCUT2D eigenvalue weighted by atomic mass is 16.5. The Bertz CT molecular complexity index is 948. The van der Waals surface area contributed by atoms with E-state index in [0.717, 1.165) is 25.1 Å². The van der Waals surface area contributed by atoms with Gasteiger partial charge in [-0.2, -0.15) is 0 Å². The summed E-state index contributed by atoms with van der Waals surface area (Å²) in [7, 11) is 0. The molecular weight excluding hydrogens is 354 g/mol. The minimum absolute atomic E-state index is 0.126. The topological polar surface area (TPSA) is 12.5 Å². The van der Waals surface area contributed by atoms with Gasteiger partial charge in [-0.25, -0.2) is 0 Å². The van der Waals surface area contributed by atoms with Gasteiger partial charge in [0, 0.05) is 17.6 Å². The van der Waals surface area contributed by atoms with Crippen LogP contribution in [0.3, 0.4) is 0 Å². The summed E-state index contributed by atoms with van der Waals surface area (Å²) in [5.41, 5.74) is 5.49. The van der Waals surface area contributed by atoms with Gasteiger partial charge in [0.1, 0.15) is 12.4 Å². The van der Waals surface area contributed by atoms with Crippen molar-refractivity contribution in [2.24, 2.45) is 0 Å². The lowest BCUT2D eigenvalue weighted by atomic mass is 9.80. The molecule has 150 valence electrons. The molecule has 2 heteroatoms. The molecule has 0 bridgehead atoms. The van der Waals surface area contributed by atoms with E-state index >= 15 is 0 Å². The summed E-state index contributed by atoms with van der Waals surface area (Å²) in [6.07, 6.45) is 2.06. The zero-order valence-electron chi connectivity index (χ0n) is 17.8. The molecule has 1 aliphatic heterocycles. The van der Waals surface area contributed by atoms with Gasteiger partial charge in [0.15, 0.2) is 0 Å². The predicted octanol–water partition coefficient (Wildman–Crippen LogP) is 6.45. The Labute approximate surface area is 175 Å². The third kappa shape index (κ3) is 4.32. The monoisotopic (exact) mass is 385 g/mol. The van der Waals surface area contributed by atoms with Crippen molar-refractivity contribution >= 4 is 5.69 Å². The molecule has 1 unspecified atom stereocenters. The second kappa shape index (κ2) is 8.32. The standard InChI is InChI=1S/C27H31NO/c1-21-20-27(2,3)28(25-15-9-8-14-24(21)25)17-18-29-26-16-10-7-13-23(26)19-22-11-5-4-6-12-22/h4-16,21H,17-20H2,1-3H3. The fraction of sp³-hybridized carbons (Fsp3) is 0.333. The maximum Gasteiger partial charge on any atom is 0.122 e. The van der Waals surface area contributed by atoms with Crippen LogP contribution in [-0.4, -0.2) is 18.7 Å². The Kier molecular flexibility index (Phi) is 5.62. The Morgan fingerprint density at radius 3 is 2.41 bits per heavy atom. The van der Waals surface area contributed by atoms with Gasteiger partial charge in [-0.3, -0.25) is 0 Å². The number of hydrogen-bond acceptors (Lipinski definition) is 2. The summed E-state index contributed by atoms with van der Waals surface area (Å²) in [4.78, 5) is 2.53. The highest BCUT2D eigenvalue weighted by molar-refractivity contribution is 5.59. The van der Waals surface area contributed by atoms with Crippen molar-refractivity contribution in [3.05, 3.63) is 95.6 Å². The van der Waals surface area contributed by atoms with Gasteiger partial charge in [-0.1, -0.05) is 73.7 Å². The van der Waals surface area contributed by atoms with Crippen LogP contribution in [0.2, 0.25) is 0 Å². The van der Waals surface area contributed by atoms with Crippen LogP contribution in [0.1, 0.15) is 49.8 Å². The average molecular weight is 386 g/mol. The minimum atomic E-state index is 0.126. The van der Waals surface area contributed by atoms with Crippen LogP contribution in [0.5, 0.6) is 5.75 Å². The molecule has 3 aromatic carbocycles. The molecule has 0 spiro atoms. The first kappa shape index (κ1) is 19.6. The fourth-order valence-corrected chi connectivity index (χ4v) is 4.72. The van der Waals surface area contributed by atoms with E-state index in [0.29, 0.717) is 12.5 Å². The van der Waals surface area contributed by atoms with Crippen LogP contribution in [-0.2, 0) is 6.42 Å². The van der Waals surface area contributed by atoms with Crippen LogP contribution >= 0.6 is 0 Å². The molecule has 0 aromatic heterocycles. The fourth-order valence-electron chi connectivity index (χ4n) is 4.72. The molecule has 2 nitrogen and oxygen atoms in total. The zero-order valence-corrected chi connectivity index (χ0v) is 17.8. The van der Waals surface area contributed by atoms with Crippen LogP contribution < -0.4 is 9.64 Å². The van der Waals surface area contributed by atoms with Gasteiger partial charge in [-0.15, -0.1) is 0 Å². The van der Waals surface area contributed by atoms with E-state index < -0.39 is 0 Å². The number of anilines is 1. The van der Waals surface area contributed by atoms with Crippen LogP contribution in [0.4, 0.5) is 5.69 Å². The van der Waals surface area contributed by atoms with Crippen molar-refractivity contribution in [2.45, 2.75) is 45.1 Å². The first-order valence-electron chi connectivity index (χ1n) is 10.7. The number of para-hydroxylation sites is 2. The number of hydrogen-bond donors (Lipinski definition) is 0. The van der Waals surface area contributed by atoms with Gasteiger partial charge in [0.2, 0.25) is 0 Å². The van der Waals surface area contributed by atoms with Crippen molar-refractivity contribution in [3.63, 3.8) is 0 Å². The van der Waals surface area contributed by atoms with E-state index in [9.17, 15) is 0 Å². The SMILES string of the molecule is CC1CC(C)(C)N(CCOc2ccccc2Cc2ccccc2)c2ccccc21. The highest BCUT2D eigenvalue weighted by Crippen LogP contribution is 2.42. The van der Waals surface area contributed by atoms with Gasteiger partial charge in [-0.05, 0) is 55.0 Å². The van der Waals surface area contributed by atoms with E-state index in [1.54, 1.807) is 0 Å². The second-order valence-electron chi connectivity index (χ2n) is 8.75. The Balaban J connectivity index is 1.47. The summed E-state index contributed by atoms with van der Waals surface area (Å²) >= 11 is 0. The number of benzene rings is 3. The Hall–Kier alpha value is -2.74. The van der Waals surface area contributed by atoms with E-state index in [-0.39, 0.29) is 5.54 Å². The van der Waals surface area contributed by atoms with Gasteiger partial charge in [0.25, 0.3) is 0 Å². The Morgan fingerprint density at radius 2 is 1.59 bits per heavy atom. The summed E-state index contributed by atoms with van der Waals surface area (Å²) in [5, 5.41) is 0. The van der Waals surface area contributed by atoms with Crippen molar-refractivity contribution < 1.29 is 4.74 Å². The molecular formula is C27H31NO. The summed E-state index contributed by atoms with van der Waals surface area (Å²) < 4.78 is 6.31. The third-order valence-electron chi connectivity index (χ3n) is 6.08. The van der Waals surface area contributed by atoms with E-state index in [2.05, 4.69) is 105 Å². The lowest BCUT2D eigenvalue weighted by Crippen LogP contribution is -2.50. The van der Waals surface area contributed by atoms with E-state index in [1.807, 2.05) is 0 Å². The number of fused-ring (bicyclic) bond motifs is 1. The molecule has 1 atom stereocenters. The molecule has 0 saturated carbocycles. The molecule has 0 amide bonds. The average Bonchev–Trinajstić information content (AvgIpc) is 2.72. The normalized spacial score (nSPS) is 17.6. The lowest BCUT2D eigenvalue weighted by Gasteiger charge is -2.47. The number of rotatable bonds is 6. The molecule has 0 saturated heterocycles.